The number of aryl methyl sites for hydroxylation is 1. The summed E-state index contributed by atoms with van der Waals surface area (Å²) in [7, 11) is 0. The maximum atomic E-state index is 13.0. The van der Waals surface area contributed by atoms with Crippen LogP contribution in [0.2, 0.25) is 0 Å². The highest BCUT2D eigenvalue weighted by Gasteiger charge is 2.39. The number of alkyl halides is 3. The van der Waals surface area contributed by atoms with Crippen LogP contribution in [0, 0.1) is 12.8 Å². The quantitative estimate of drug-likeness (QED) is 0.648. The van der Waals surface area contributed by atoms with Crippen molar-refractivity contribution in [1.29, 1.82) is 0 Å². The van der Waals surface area contributed by atoms with E-state index < -0.39 is 11.7 Å². The average Bonchev–Trinajstić information content (AvgIpc) is 3.03. The minimum absolute atomic E-state index is 0.0369. The molecule has 4 rings (SSSR count). The van der Waals surface area contributed by atoms with Crippen molar-refractivity contribution in [3.8, 4) is 0 Å². The van der Waals surface area contributed by atoms with Gasteiger partial charge >= 0.3 is 6.18 Å². The molecule has 2 aliphatic rings. The summed E-state index contributed by atoms with van der Waals surface area (Å²) in [5.41, 5.74) is 3.37. The van der Waals surface area contributed by atoms with Crippen LogP contribution in [-0.4, -0.2) is 0 Å². The number of benzene rings is 2. The Bertz CT molecular complexity index is 790. The van der Waals surface area contributed by atoms with Crippen molar-refractivity contribution in [2.24, 2.45) is 5.92 Å². The van der Waals surface area contributed by atoms with Gasteiger partial charge in [0.05, 0.1) is 11.6 Å². The molecule has 0 saturated heterocycles. The Hall–Kier alpha value is -2.23. The number of hydrogen-bond donors (Lipinski definition) is 1. The number of anilines is 1. The molecule has 0 fully saturated rings. The van der Waals surface area contributed by atoms with Gasteiger partial charge in [-0.1, -0.05) is 42.0 Å². The van der Waals surface area contributed by atoms with Crippen LogP contribution in [0.4, 0.5) is 18.9 Å². The lowest BCUT2D eigenvalue weighted by Gasteiger charge is -2.38. The van der Waals surface area contributed by atoms with E-state index in [9.17, 15) is 13.2 Å². The molecule has 1 aliphatic carbocycles. The fourth-order valence-electron chi connectivity index (χ4n) is 3.87. The Morgan fingerprint density at radius 1 is 1.04 bits per heavy atom. The summed E-state index contributed by atoms with van der Waals surface area (Å²) in [4.78, 5) is 0. The summed E-state index contributed by atoms with van der Waals surface area (Å²) < 4.78 is 39.1. The minimum atomic E-state index is -4.30. The maximum Gasteiger partial charge on any atom is 0.416 e. The number of rotatable bonds is 1. The SMILES string of the molecule is Cc1ccc([C@@H]2Nc3ccc(C(F)(F)F)cc3[C@@H]3C=CC[C@H]32)cc1. The molecule has 24 heavy (non-hydrogen) atoms. The van der Waals surface area contributed by atoms with Crippen LogP contribution in [0.15, 0.2) is 54.6 Å². The fourth-order valence-corrected chi connectivity index (χ4v) is 3.87. The van der Waals surface area contributed by atoms with E-state index in [1.165, 1.54) is 17.2 Å². The molecule has 0 amide bonds. The molecule has 0 spiro atoms. The highest BCUT2D eigenvalue weighted by molar-refractivity contribution is 5.61. The third kappa shape index (κ3) is 2.50. The summed E-state index contributed by atoms with van der Waals surface area (Å²) >= 11 is 0. The molecule has 124 valence electrons. The first-order valence-electron chi connectivity index (χ1n) is 8.14. The third-order valence-corrected chi connectivity index (χ3v) is 5.13. The van der Waals surface area contributed by atoms with Crippen LogP contribution in [0.5, 0.6) is 0 Å². The van der Waals surface area contributed by atoms with E-state index in [1.807, 2.05) is 6.92 Å². The van der Waals surface area contributed by atoms with E-state index in [0.29, 0.717) is 0 Å². The molecule has 0 bridgehead atoms. The topological polar surface area (TPSA) is 12.0 Å². The van der Waals surface area contributed by atoms with E-state index >= 15 is 0 Å². The van der Waals surface area contributed by atoms with Gasteiger partial charge in [0, 0.05) is 11.6 Å². The molecule has 0 unspecified atom stereocenters. The lowest BCUT2D eigenvalue weighted by molar-refractivity contribution is -0.137. The van der Waals surface area contributed by atoms with Gasteiger partial charge in [0.2, 0.25) is 0 Å². The number of halogens is 3. The molecule has 2 aromatic rings. The average molecular weight is 329 g/mol. The predicted octanol–water partition coefficient (Wildman–Crippen LogP) is 5.84. The van der Waals surface area contributed by atoms with Crippen molar-refractivity contribution in [3.05, 3.63) is 76.9 Å². The van der Waals surface area contributed by atoms with Crippen LogP contribution in [0.1, 0.15) is 40.6 Å². The number of nitrogens with one attached hydrogen (secondary N) is 1. The first kappa shape index (κ1) is 15.3. The van der Waals surface area contributed by atoms with Gasteiger partial charge in [0.1, 0.15) is 0 Å². The smallest absolute Gasteiger partial charge is 0.378 e. The summed E-state index contributed by atoms with van der Waals surface area (Å²) in [6.07, 6.45) is 0.728. The molecule has 0 radical (unpaired) electrons. The summed E-state index contributed by atoms with van der Waals surface area (Å²) in [5.74, 6) is 0.290. The van der Waals surface area contributed by atoms with Gasteiger partial charge in [-0.25, -0.2) is 0 Å². The van der Waals surface area contributed by atoms with Gasteiger partial charge in [0.15, 0.2) is 0 Å². The zero-order valence-corrected chi connectivity index (χ0v) is 13.3. The molecule has 0 aromatic heterocycles. The first-order chi connectivity index (χ1) is 11.4. The van der Waals surface area contributed by atoms with Crippen LogP contribution < -0.4 is 5.32 Å². The van der Waals surface area contributed by atoms with Crippen LogP contribution in [0.3, 0.4) is 0 Å². The second-order valence-corrected chi connectivity index (χ2v) is 6.69. The molecule has 1 N–H and O–H groups in total. The largest absolute Gasteiger partial charge is 0.416 e. The second kappa shape index (κ2) is 5.40. The van der Waals surface area contributed by atoms with Gasteiger partial charge in [-0.05, 0) is 48.6 Å². The highest BCUT2D eigenvalue weighted by Crippen LogP contribution is 2.50. The summed E-state index contributed by atoms with van der Waals surface area (Å²) in [6.45, 7) is 2.05. The van der Waals surface area contributed by atoms with Crippen molar-refractivity contribution in [2.45, 2.75) is 31.5 Å². The standard InChI is InChI=1S/C20H18F3N/c1-12-5-7-13(8-6-12)19-16-4-2-3-15(16)17-11-14(20(21,22)23)9-10-18(17)24-19/h2-3,5-11,15-16,19,24H,4H2,1H3/t15-,16-,19+/m1/s1. The van der Waals surface area contributed by atoms with Gasteiger partial charge in [-0.2, -0.15) is 13.2 Å². The zero-order chi connectivity index (χ0) is 16.9. The number of fused-ring (bicyclic) bond motifs is 3. The van der Waals surface area contributed by atoms with Gasteiger partial charge in [-0.15, -0.1) is 0 Å². The van der Waals surface area contributed by atoms with E-state index in [-0.39, 0.29) is 17.9 Å². The molecule has 3 atom stereocenters. The van der Waals surface area contributed by atoms with Crippen molar-refractivity contribution in [3.63, 3.8) is 0 Å². The normalized spacial score (nSPS) is 25.1. The second-order valence-electron chi connectivity index (χ2n) is 6.69. The zero-order valence-electron chi connectivity index (χ0n) is 13.3. The van der Waals surface area contributed by atoms with Crippen molar-refractivity contribution in [1.82, 2.24) is 0 Å². The fraction of sp³-hybridized carbons (Fsp3) is 0.300. The van der Waals surface area contributed by atoms with E-state index in [4.69, 9.17) is 0 Å². The maximum absolute atomic E-state index is 13.0. The Morgan fingerprint density at radius 3 is 2.50 bits per heavy atom. The van der Waals surface area contributed by atoms with Crippen LogP contribution >= 0.6 is 0 Å². The Labute approximate surface area is 139 Å². The highest BCUT2D eigenvalue weighted by atomic mass is 19.4. The Morgan fingerprint density at radius 2 is 1.79 bits per heavy atom. The lowest BCUT2D eigenvalue weighted by atomic mass is 9.76. The predicted molar refractivity (Wildman–Crippen MR) is 89.0 cm³/mol. The summed E-state index contributed by atoms with van der Waals surface area (Å²) in [6, 6.07) is 12.5. The van der Waals surface area contributed by atoms with Crippen molar-refractivity contribution < 1.29 is 13.2 Å². The van der Waals surface area contributed by atoms with E-state index in [0.717, 1.165) is 23.7 Å². The van der Waals surface area contributed by atoms with Crippen LogP contribution in [0.25, 0.3) is 0 Å². The van der Waals surface area contributed by atoms with E-state index in [1.54, 1.807) is 6.07 Å². The van der Waals surface area contributed by atoms with Gasteiger partial charge in [0.25, 0.3) is 0 Å². The number of hydrogen-bond acceptors (Lipinski definition) is 1. The monoisotopic (exact) mass is 329 g/mol. The summed E-state index contributed by atoms with van der Waals surface area (Å²) in [5, 5.41) is 3.48. The van der Waals surface area contributed by atoms with Crippen molar-refractivity contribution >= 4 is 5.69 Å². The first-order valence-corrected chi connectivity index (χ1v) is 8.14. The molecular formula is C20H18F3N. The third-order valence-electron chi connectivity index (χ3n) is 5.13. The Balaban J connectivity index is 1.76. The lowest BCUT2D eigenvalue weighted by Crippen LogP contribution is -2.29. The van der Waals surface area contributed by atoms with E-state index in [2.05, 4.69) is 41.7 Å². The molecule has 0 saturated carbocycles. The van der Waals surface area contributed by atoms with Crippen LogP contribution in [-0.2, 0) is 6.18 Å². The Kier molecular flexibility index (Phi) is 3.44. The molecule has 1 aliphatic heterocycles. The molecule has 1 nitrogen and oxygen atoms in total. The van der Waals surface area contributed by atoms with Gasteiger partial charge < -0.3 is 5.32 Å². The minimum Gasteiger partial charge on any atom is -0.378 e. The molecule has 4 heteroatoms. The van der Waals surface area contributed by atoms with Crippen molar-refractivity contribution in [2.75, 3.05) is 5.32 Å². The molecular weight excluding hydrogens is 311 g/mol. The number of allylic oxidation sites excluding steroid dienone is 2. The molecule has 1 heterocycles. The van der Waals surface area contributed by atoms with Gasteiger partial charge in [-0.3, -0.25) is 0 Å². The molecule has 2 aromatic carbocycles.